The van der Waals surface area contributed by atoms with Crippen LogP contribution >= 0.6 is 0 Å². The first-order valence-electron chi connectivity index (χ1n) is 10.6. The molecular formula is C23H32N4O8. The monoisotopic (exact) mass is 492 g/mol. The van der Waals surface area contributed by atoms with Crippen LogP contribution in [0.1, 0.15) is 11.1 Å². The van der Waals surface area contributed by atoms with Crippen molar-refractivity contribution in [3.05, 3.63) is 71.8 Å². The molecule has 0 spiro atoms. The van der Waals surface area contributed by atoms with Crippen molar-refractivity contribution in [3.63, 3.8) is 0 Å². The highest BCUT2D eigenvalue weighted by Gasteiger charge is 2.15. The molecular weight excluding hydrogens is 460 g/mol. The summed E-state index contributed by atoms with van der Waals surface area (Å²) >= 11 is 0. The first-order chi connectivity index (χ1) is 16.9. The largest absolute Gasteiger partial charge is 0.444 e. The number of rotatable bonds is 9. The van der Waals surface area contributed by atoms with Crippen LogP contribution in [0, 0.1) is 0 Å². The summed E-state index contributed by atoms with van der Waals surface area (Å²) in [6.45, 7) is -1.22. The third kappa shape index (κ3) is 13.7. The van der Waals surface area contributed by atoms with Crippen molar-refractivity contribution >= 4 is 18.1 Å². The highest BCUT2D eigenvalue weighted by Crippen LogP contribution is 2.02. The van der Waals surface area contributed by atoms with Gasteiger partial charge >= 0.3 is 12.2 Å². The number of aliphatic hydroxyl groups is 4. The van der Waals surface area contributed by atoms with Crippen LogP contribution in [0.15, 0.2) is 65.7 Å². The fourth-order valence-corrected chi connectivity index (χ4v) is 2.19. The van der Waals surface area contributed by atoms with E-state index in [9.17, 15) is 19.8 Å². The summed E-state index contributed by atoms with van der Waals surface area (Å²) in [7, 11) is 0. The average molecular weight is 493 g/mol. The van der Waals surface area contributed by atoms with Gasteiger partial charge in [0.15, 0.2) is 0 Å². The number of ether oxygens (including phenoxy) is 2. The number of guanidine groups is 1. The zero-order chi connectivity index (χ0) is 25.9. The van der Waals surface area contributed by atoms with Gasteiger partial charge in [-0.2, -0.15) is 0 Å². The maximum Gasteiger partial charge on any atom is 0.414 e. The Bertz CT molecular complexity index is 816. The highest BCUT2D eigenvalue weighted by atomic mass is 16.6. The molecule has 2 amide bonds. The van der Waals surface area contributed by atoms with Crippen molar-refractivity contribution in [1.29, 1.82) is 0 Å². The average Bonchev–Trinajstić information content (AvgIpc) is 2.90. The van der Waals surface area contributed by atoms with E-state index in [1.165, 1.54) is 0 Å². The lowest BCUT2D eigenvalue weighted by Gasteiger charge is -2.14. The Labute approximate surface area is 203 Å². The maximum absolute atomic E-state index is 12.0. The molecule has 0 aromatic heterocycles. The SMILES string of the molecule is NC(CO)CO.O=C(NC(=NC(CO)CO)NC(=O)OCc1ccccc1)OCc1ccccc1. The van der Waals surface area contributed by atoms with Crippen molar-refractivity contribution in [3.8, 4) is 0 Å². The predicted molar refractivity (Wildman–Crippen MR) is 127 cm³/mol. The molecule has 192 valence electrons. The molecule has 12 nitrogen and oxygen atoms in total. The normalized spacial score (nSPS) is 10.1. The first-order valence-corrected chi connectivity index (χ1v) is 10.6. The standard InChI is InChI=1S/C20H23N3O6.C3H9NO2/c24-11-17(12-25)21-18(22-19(26)28-13-15-7-3-1-4-8-15)23-20(27)29-14-16-9-5-2-6-10-16;4-3(1-5)2-6/h1-10,17,24-25H,11-14H2,(H2,21,22,23,26,27);3,5-6H,1-2,4H2. The number of nitrogens with two attached hydrogens (primary N) is 1. The van der Waals surface area contributed by atoms with Gasteiger partial charge < -0.3 is 35.6 Å². The summed E-state index contributed by atoms with van der Waals surface area (Å²) in [5.74, 6) is -0.311. The number of benzene rings is 2. The number of carbonyl (C=O) groups excluding carboxylic acids is 2. The quantitative estimate of drug-likeness (QED) is 0.184. The smallest absolute Gasteiger partial charge is 0.414 e. The van der Waals surface area contributed by atoms with E-state index < -0.39 is 37.5 Å². The van der Waals surface area contributed by atoms with E-state index in [4.69, 9.17) is 25.4 Å². The summed E-state index contributed by atoms with van der Waals surface area (Å²) < 4.78 is 10.1. The number of aliphatic imine (C=N–C) groups is 1. The molecule has 2 aromatic carbocycles. The minimum atomic E-state index is -0.936. The predicted octanol–water partition coefficient (Wildman–Crippen LogP) is -0.153. The minimum absolute atomic E-state index is 0.0157. The summed E-state index contributed by atoms with van der Waals surface area (Å²) in [5, 5.41) is 39.0. The number of aliphatic hydroxyl groups excluding tert-OH is 4. The zero-order valence-corrected chi connectivity index (χ0v) is 19.1. The van der Waals surface area contributed by atoms with E-state index in [1.54, 1.807) is 48.5 Å². The third-order valence-corrected chi connectivity index (χ3v) is 4.07. The van der Waals surface area contributed by atoms with E-state index in [0.29, 0.717) is 0 Å². The molecule has 0 unspecified atom stereocenters. The summed E-state index contributed by atoms with van der Waals surface area (Å²) in [6.07, 6.45) is -1.74. The van der Waals surface area contributed by atoms with Crippen molar-refractivity contribution < 1.29 is 39.5 Å². The molecule has 35 heavy (non-hydrogen) atoms. The lowest BCUT2D eigenvalue weighted by Crippen LogP contribution is -2.45. The Morgan fingerprint density at radius 1 is 0.743 bits per heavy atom. The van der Waals surface area contributed by atoms with Gasteiger partial charge in [-0.05, 0) is 11.1 Å². The Balaban J connectivity index is 0.000000905. The summed E-state index contributed by atoms with van der Waals surface area (Å²) in [5.41, 5.74) is 6.53. The van der Waals surface area contributed by atoms with Gasteiger partial charge in [0.1, 0.15) is 13.2 Å². The molecule has 0 aliphatic carbocycles. The molecule has 0 radical (unpaired) electrons. The van der Waals surface area contributed by atoms with Gasteiger partial charge in [0.2, 0.25) is 5.96 Å². The Kier molecular flexibility index (Phi) is 15.0. The van der Waals surface area contributed by atoms with E-state index in [0.717, 1.165) is 11.1 Å². The Morgan fingerprint density at radius 2 is 1.14 bits per heavy atom. The number of alkyl carbamates (subject to hydrolysis) is 2. The first kappa shape index (κ1) is 29.5. The highest BCUT2D eigenvalue weighted by molar-refractivity contribution is 6.01. The van der Waals surface area contributed by atoms with Gasteiger partial charge in [0.05, 0.1) is 38.5 Å². The van der Waals surface area contributed by atoms with E-state index >= 15 is 0 Å². The van der Waals surface area contributed by atoms with Crippen molar-refractivity contribution in [1.82, 2.24) is 10.6 Å². The van der Waals surface area contributed by atoms with E-state index in [-0.39, 0.29) is 32.4 Å². The number of nitrogens with one attached hydrogen (secondary N) is 2. The van der Waals surface area contributed by atoms with Crippen LogP contribution < -0.4 is 16.4 Å². The van der Waals surface area contributed by atoms with Crippen LogP contribution in [0.4, 0.5) is 9.59 Å². The molecule has 0 bridgehead atoms. The molecule has 0 aliphatic heterocycles. The molecule has 8 N–H and O–H groups in total. The lowest BCUT2D eigenvalue weighted by molar-refractivity contribution is 0.141. The minimum Gasteiger partial charge on any atom is -0.444 e. The molecule has 0 aliphatic rings. The molecule has 0 fully saturated rings. The molecule has 2 aromatic rings. The summed E-state index contributed by atoms with van der Waals surface area (Å²) in [4.78, 5) is 27.9. The number of amides is 2. The van der Waals surface area contributed by atoms with Crippen LogP contribution in [0.25, 0.3) is 0 Å². The van der Waals surface area contributed by atoms with Crippen LogP contribution in [-0.2, 0) is 22.7 Å². The molecule has 0 heterocycles. The number of hydrogen-bond acceptors (Lipinski definition) is 10. The Hall–Kier alpha value is -3.55. The van der Waals surface area contributed by atoms with Gasteiger partial charge in [-0.15, -0.1) is 0 Å². The second kappa shape index (κ2) is 17.9. The molecule has 2 rings (SSSR count). The Morgan fingerprint density at radius 3 is 1.46 bits per heavy atom. The van der Waals surface area contributed by atoms with Gasteiger partial charge in [0.25, 0.3) is 0 Å². The van der Waals surface area contributed by atoms with Crippen molar-refractivity contribution in [2.75, 3.05) is 26.4 Å². The molecule has 0 atom stereocenters. The van der Waals surface area contributed by atoms with Gasteiger partial charge in [-0.1, -0.05) is 60.7 Å². The van der Waals surface area contributed by atoms with Crippen LogP contribution in [0.2, 0.25) is 0 Å². The number of hydrogen-bond donors (Lipinski definition) is 7. The van der Waals surface area contributed by atoms with Crippen LogP contribution in [-0.4, -0.2) is 77.1 Å². The zero-order valence-electron chi connectivity index (χ0n) is 19.1. The van der Waals surface area contributed by atoms with Gasteiger partial charge in [-0.3, -0.25) is 10.6 Å². The van der Waals surface area contributed by atoms with E-state index in [2.05, 4.69) is 15.6 Å². The number of carbonyl (C=O) groups is 2. The second-order valence-electron chi connectivity index (χ2n) is 7.00. The molecule has 0 saturated heterocycles. The molecule has 12 heteroatoms. The fourth-order valence-electron chi connectivity index (χ4n) is 2.19. The van der Waals surface area contributed by atoms with Gasteiger partial charge in [0, 0.05) is 0 Å². The van der Waals surface area contributed by atoms with Crippen molar-refractivity contribution in [2.24, 2.45) is 10.7 Å². The molecule has 0 saturated carbocycles. The third-order valence-electron chi connectivity index (χ3n) is 4.07. The topological polar surface area (TPSA) is 196 Å². The second-order valence-corrected chi connectivity index (χ2v) is 7.00. The fraction of sp³-hybridized carbons (Fsp3) is 0.348. The summed E-state index contributed by atoms with van der Waals surface area (Å²) in [6, 6.07) is 16.7. The van der Waals surface area contributed by atoms with Gasteiger partial charge in [-0.25, -0.2) is 14.6 Å². The maximum atomic E-state index is 12.0. The lowest BCUT2D eigenvalue weighted by atomic mass is 10.2. The van der Waals surface area contributed by atoms with Crippen LogP contribution in [0.3, 0.4) is 0 Å². The number of nitrogens with zero attached hydrogens (tertiary/aromatic N) is 1. The van der Waals surface area contributed by atoms with Crippen LogP contribution in [0.5, 0.6) is 0 Å². The van der Waals surface area contributed by atoms with Crippen molar-refractivity contribution in [2.45, 2.75) is 25.3 Å². The van der Waals surface area contributed by atoms with E-state index in [1.807, 2.05) is 12.1 Å².